The van der Waals surface area contributed by atoms with E-state index >= 15 is 0 Å². The molecule has 1 N–H and O–H groups in total. The molecule has 0 amide bonds. The Morgan fingerprint density at radius 3 is 2.48 bits per heavy atom. The lowest BCUT2D eigenvalue weighted by atomic mass is 10.1. The number of ether oxygens (including phenoxy) is 1. The minimum atomic E-state index is -0.163. The molecule has 0 spiro atoms. The number of furan rings is 1. The van der Waals surface area contributed by atoms with Crippen LogP contribution in [0.1, 0.15) is 21.9 Å². The van der Waals surface area contributed by atoms with Crippen LogP contribution in [0, 0.1) is 0 Å². The highest BCUT2D eigenvalue weighted by Gasteiger charge is 2.04. The van der Waals surface area contributed by atoms with Gasteiger partial charge in [-0.3, -0.25) is 4.79 Å². The van der Waals surface area contributed by atoms with E-state index in [2.05, 4.69) is 15.9 Å². The predicted molar refractivity (Wildman–Crippen MR) is 98.7 cm³/mol. The van der Waals surface area contributed by atoms with E-state index in [0.29, 0.717) is 23.7 Å². The number of allylic oxidation sites excluding steroid dienone is 1. The van der Waals surface area contributed by atoms with Gasteiger partial charge in [0.15, 0.2) is 5.78 Å². The molecule has 126 valence electrons. The molecule has 0 saturated carbocycles. The summed E-state index contributed by atoms with van der Waals surface area (Å²) in [5.41, 5.74) is 0.499. The van der Waals surface area contributed by atoms with Gasteiger partial charge in [0.2, 0.25) is 0 Å². The number of carbonyl (C=O) groups is 1. The molecule has 0 atom stereocenters. The Kier molecular flexibility index (Phi) is 5.36. The van der Waals surface area contributed by atoms with Gasteiger partial charge < -0.3 is 14.3 Å². The van der Waals surface area contributed by atoms with Crippen molar-refractivity contribution in [3.05, 3.63) is 88.3 Å². The molecule has 1 heterocycles. The SMILES string of the molecule is O=C(/C=C/c1ccc(COc2ccc(Br)cc2)o1)c1ccc(O)cc1. The van der Waals surface area contributed by atoms with Crippen LogP contribution in [0.5, 0.6) is 11.5 Å². The van der Waals surface area contributed by atoms with E-state index in [1.807, 2.05) is 30.3 Å². The van der Waals surface area contributed by atoms with Gasteiger partial charge in [0, 0.05) is 10.0 Å². The van der Waals surface area contributed by atoms with Crippen molar-refractivity contribution in [2.24, 2.45) is 0 Å². The van der Waals surface area contributed by atoms with E-state index in [0.717, 1.165) is 10.2 Å². The summed E-state index contributed by atoms with van der Waals surface area (Å²) in [6.45, 7) is 0.307. The van der Waals surface area contributed by atoms with Crippen LogP contribution in [0.2, 0.25) is 0 Å². The number of phenols is 1. The summed E-state index contributed by atoms with van der Waals surface area (Å²) in [5, 5.41) is 9.24. The summed E-state index contributed by atoms with van der Waals surface area (Å²) in [7, 11) is 0. The lowest BCUT2D eigenvalue weighted by Gasteiger charge is -2.03. The third-order valence-electron chi connectivity index (χ3n) is 3.43. The maximum atomic E-state index is 12.0. The minimum absolute atomic E-state index is 0.127. The first-order chi connectivity index (χ1) is 12.1. The van der Waals surface area contributed by atoms with Crippen LogP contribution in [-0.4, -0.2) is 10.9 Å². The van der Waals surface area contributed by atoms with Crippen molar-refractivity contribution in [1.82, 2.24) is 0 Å². The zero-order chi connectivity index (χ0) is 17.6. The lowest BCUT2D eigenvalue weighted by Crippen LogP contribution is -1.93. The van der Waals surface area contributed by atoms with Gasteiger partial charge in [-0.25, -0.2) is 0 Å². The molecule has 0 aliphatic heterocycles. The van der Waals surface area contributed by atoms with Gasteiger partial charge in [0.1, 0.15) is 29.6 Å². The van der Waals surface area contributed by atoms with Gasteiger partial charge in [-0.15, -0.1) is 0 Å². The number of carbonyl (C=O) groups excluding carboxylic acids is 1. The Morgan fingerprint density at radius 1 is 1.04 bits per heavy atom. The number of hydrogen-bond donors (Lipinski definition) is 1. The number of ketones is 1. The van der Waals surface area contributed by atoms with Crippen LogP contribution >= 0.6 is 15.9 Å². The van der Waals surface area contributed by atoms with E-state index in [-0.39, 0.29) is 11.5 Å². The Bertz CT molecular complexity index is 877. The second-order valence-electron chi connectivity index (χ2n) is 5.29. The molecule has 0 bridgehead atoms. The lowest BCUT2D eigenvalue weighted by molar-refractivity contribution is 0.104. The molecular formula is C20H15BrO4. The van der Waals surface area contributed by atoms with Crippen molar-refractivity contribution >= 4 is 27.8 Å². The van der Waals surface area contributed by atoms with Gasteiger partial charge in [0.05, 0.1) is 0 Å². The number of aromatic hydroxyl groups is 1. The molecule has 5 heteroatoms. The molecule has 2 aromatic carbocycles. The molecule has 4 nitrogen and oxygen atoms in total. The van der Waals surface area contributed by atoms with E-state index in [1.54, 1.807) is 24.3 Å². The van der Waals surface area contributed by atoms with Crippen LogP contribution < -0.4 is 4.74 Å². The molecule has 0 unspecified atom stereocenters. The zero-order valence-corrected chi connectivity index (χ0v) is 14.8. The Labute approximate surface area is 153 Å². The van der Waals surface area contributed by atoms with Crippen LogP contribution in [0.3, 0.4) is 0 Å². The molecule has 3 aromatic rings. The summed E-state index contributed by atoms with van der Waals surface area (Å²) in [5.74, 6) is 1.95. The van der Waals surface area contributed by atoms with Crippen LogP contribution in [0.25, 0.3) is 6.08 Å². The fourth-order valence-electron chi connectivity index (χ4n) is 2.13. The molecular weight excluding hydrogens is 384 g/mol. The van der Waals surface area contributed by atoms with Gasteiger partial charge >= 0.3 is 0 Å². The number of halogens is 1. The summed E-state index contributed by atoms with van der Waals surface area (Å²) in [6.07, 6.45) is 3.04. The van der Waals surface area contributed by atoms with E-state index in [4.69, 9.17) is 9.15 Å². The van der Waals surface area contributed by atoms with Crippen molar-refractivity contribution in [2.45, 2.75) is 6.61 Å². The fraction of sp³-hybridized carbons (Fsp3) is 0.0500. The van der Waals surface area contributed by atoms with Crippen LogP contribution in [0.4, 0.5) is 0 Å². The predicted octanol–water partition coefficient (Wildman–Crippen LogP) is 5.22. The second-order valence-corrected chi connectivity index (χ2v) is 6.21. The Morgan fingerprint density at radius 2 is 1.76 bits per heavy atom. The number of benzene rings is 2. The van der Waals surface area contributed by atoms with Gasteiger partial charge in [-0.2, -0.15) is 0 Å². The summed E-state index contributed by atoms with van der Waals surface area (Å²) < 4.78 is 12.2. The van der Waals surface area contributed by atoms with Crippen molar-refractivity contribution in [3.8, 4) is 11.5 Å². The largest absolute Gasteiger partial charge is 0.508 e. The van der Waals surface area contributed by atoms with E-state index in [9.17, 15) is 9.90 Å². The summed E-state index contributed by atoms with van der Waals surface area (Å²) in [4.78, 5) is 12.0. The molecule has 0 aliphatic carbocycles. The van der Waals surface area contributed by atoms with Crippen molar-refractivity contribution in [1.29, 1.82) is 0 Å². The quantitative estimate of drug-likeness (QED) is 0.456. The normalized spacial score (nSPS) is 10.9. The average molecular weight is 399 g/mol. The highest BCUT2D eigenvalue weighted by molar-refractivity contribution is 9.10. The Balaban J connectivity index is 1.58. The van der Waals surface area contributed by atoms with Gasteiger partial charge in [-0.05, 0) is 72.8 Å². The molecule has 1 aromatic heterocycles. The molecule has 25 heavy (non-hydrogen) atoms. The van der Waals surface area contributed by atoms with Gasteiger partial charge in [-0.1, -0.05) is 15.9 Å². The number of phenolic OH excluding ortho intramolecular Hbond substituents is 1. The maximum Gasteiger partial charge on any atom is 0.185 e. The second kappa shape index (κ2) is 7.85. The molecule has 0 saturated heterocycles. The third-order valence-corrected chi connectivity index (χ3v) is 3.96. The van der Waals surface area contributed by atoms with Crippen molar-refractivity contribution < 1.29 is 19.1 Å². The monoisotopic (exact) mass is 398 g/mol. The molecule has 0 aliphatic rings. The van der Waals surface area contributed by atoms with Gasteiger partial charge in [0.25, 0.3) is 0 Å². The molecule has 0 fully saturated rings. The third kappa shape index (κ3) is 4.84. The maximum absolute atomic E-state index is 12.0. The molecule has 3 rings (SSSR count). The summed E-state index contributed by atoms with van der Waals surface area (Å²) >= 11 is 3.37. The first kappa shape index (κ1) is 17.0. The van der Waals surface area contributed by atoms with Crippen molar-refractivity contribution in [2.75, 3.05) is 0 Å². The highest BCUT2D eigenvalue weighted by Crippen LogP contribution is 2.18. The summed E-state index contributed by atoms with van der Waals surface area (Å²) in [6, 6.07) is 17.2. The minimum Gasteiger partial charge on any atom is -0.508 e. The van der Waals surface area contributed by atoms with Crippen molar-refractivity contribution in [3.63, 3.8) is 0 Å². The fourth-order valence-corrected chi connectivity index (χ4v) is 2.39. The van der Waals surface area contributed by atoms with Crippen LogP contribution in [-0.2, 0) is 6.61 Å². The number of rotatable bonds is 6. The zero-order valence-electron chi connectivity index (χ0n) is 13.2. The standard InChI is InChI=1S/C20H15BrO4/c21-15-3-7-17(8-4-15)24-13-19-10-9-18(25-19)11-12-20(23)14-1-5-16(22)6-2-14/h1-12,22H,13H2/b12-11+. The first-order valence-electron chi connectivity index (χ1n) is 7.59. The highest BCUT2D eigenvalue weighted by atomic mass is 79.9. The topological polar surface area (TPSA) is 59.7 Å². The van der Waals surface area contributed by atoms with E-state index < -0.39 is 0 Å². The van der Waals surface area contributed by atoms with E-state index in [1.165, 1.54) is 18.2 Å². The smallest absolute Gasteiger partial charge is 0.185 e. The van der Waals surface area contributed by atoms with Crippen LogP contribution in [0.15, 0.2) is 75.6 Å². The first-order valence-corrected chi connectivity index (χ1v) is 8.38. The number of hydrogen-bond acceptors (Lipinski definition) is 4. The Hall–Kier alpha value is -2.79. The average Bonchev–Trinajstić information content (AvgIpc) is 3.08. The molecule has 0 radical (unpaired) electrons.